The summed E-state index contributed by atoms with van der Waals surface area (Å²) in [4.78, 5) is 13.2. The molecule has 9 nitrogen and oxygen atoms in total. The van der Waals surface area contributed by atoms with Crippen LogP contribution >= 0.6 is 0 Å². The van der Waals surface area contributed by atoms with Crippen molar-refractivity contribution in [2.24, 2.45) is 0 Å². The molecule has 0 aliphatic carbocycles. The molecule has 27 heavy (non-hydrogen) atoms. The van der Waals surface area contributed by atoms with Crippen molar-refractivity contribution in [3.63, 3.8) is 0 Å². The van der Waals surface area contributed by atoms with Gasteiger partial charge in [0.05, 0.1) is 24.0 Å². The molecule has 0 radical (unpaired) electrons. The number of hydrogen-bond acceptors (Lipinski definition) is 8. The number of aromatic nitrogens is 5. The average Bonchev–Trinajstić information content (AvgIpc) is 3.34. The lowest BCUT2D eigenvalue weighted by Crippen LogP contribution is -2.35. The van der Waals surface area contributed by atoms with Crippen LogP contribution in [0.25, 0.3) is 16.8 Å². The van der Waals surface area contributed by atoms with Gasteiger partial charge in [-0.25, -0.2) is 19.5 Å². The lowest BCUT2D eigenvalue weighted by Gasteiger charge is -2.17. The Balaban J connectivity index is 1.45. The Hall–Kier alpha value is -4.03. The fourth-order valence-electron chi connectivity index (χ4n) is 2.94. The van der Waals surface area contributed by atoms with Gasteiger partial charge in [-0.15, -0.1) is 5.53 Å². The third-order valence-corrected chi connectivity index (χ3v) is 4.30. The molecule has 0 fully saturated rings. The zero-order valence-corrected chi connectivity index (χ0v) is 14.0. The van der Waals surface area contributed by atoms with Gasteiger partial charge in [0.15, 0.2) is 11.6 Å². The number of rotatable bonds is 3. The summed E-state index contributed by atoms with van der Waals surface area (Å²) in [6.07, 6.45) is 7.01. The first-order valence-corrected chi connectivity index (χ1v) is 8.25. The first-order valence-electron chi connectivity index (χ1n) is 8.25. The lowest BCUT2D eigenvalue weighted by atomic mass is 10.2. The fourth-order valence-corrected chi connectivity index (χ4v) is 2.94. The van der Waals surface area contributed by atoms with Gasteiger partial charge in [-0.1, -0.05) is 0 Å². The van der Waals surface area contributed by atoms with Crippen molar-refractivity contribution in [3.05, 3.63) is 66.4 Å². The van der Waals surface area contributed by atoms with Crippen LogP contribution in [0.1, 0.15) is 11.3 Å². The first kappa shape index (κ1) is 15.2. The summed E-state index contributed by atoms with van der Waals surface area (Å²) >= 11 is 0. The highest BCUT2D eigenvalue weighted by atomic mass is 15.7. The Morgan fingerprint density at radius 2 is 2.07 bits per heavy atom. The van der Waals surface area contributed by atoms with Crippen molar-refractivity contribution in [1.82, 2.24) is 30.1 Å². The summed E-state index contributed by atoms with van der Waals surface area (Å²) in [5, 5.41) is 15.0. The summed E-state index contributed by atoms with van der Waals surface area (Å²) in [6.45, 7) is 0.603. The average molecular weight is 355 g/mol. The molecular formula is C18H13N9. The van der Waals surface area contributed by atoms with Crippen LogP contribution in [0.15, 0.2) is 55.1 Å². The summed E-state index contributed by atoms with van der Waals surface area (Å²) < 4.78 is 1.82. The minimum Gasteiger partial charge on any atom is -0.285 e. The van der Waals surface area contributed by atoms with E-state index in [2.05, 4.69) is 32.1 Å². The number of anilines is 2. The van der Waals surface area contributed by atoms with Crippen LogP contribution in [-0.4, -0.2) is 24.6 Å². The summed E-state index contributed by atoms with van der Waals surface area (Å²) in [7, 11) is 0. The Morgan fingerprint density at radius 3 is 2.93 bits per heavy atom. The number of nitrogens with one attached hydrogen (secondary N) is 2. The van der Waals surface area contributed by atoms with E-state index in [4.69, 9.17) is 10.2 Å². The number of hydrazine groups is 2. The van der Waals surface area contributed by atoms with Gasteiger partial charge in [0.2, 0.25) is 0 Å². The molecule has 0 saturated heterocycles. The topological polar surface area (TPSA) is 107 Å². The maximum Gasteiger partial charge on any atom is 0.190 e. The quantitative estimate of drug-likeness (QED) is 0.574. The largest absolute Gasteiger partial charge is 0.285 e. The van der Waals surface area contributed by atoms with Crippen molar-refractivity contribution in [1.29, 1.82) is 5.26 Å². The summed E-state index contributed by atoms with van der Waals surface area (Å²) in [5.74, 6) is 1.36. The van der Waals surface area contributed by atoms with E-state index in [0.29, 0.717) is 29.6 Å². The van der Waals surface area contributed by atoms with Crippen LogP contribution in [0.3, 0.4) is 0 Å². The SMILES string of the molecule is N#Cc1ccc(-c2cnc3c(n2)N(Cc2ccn4nccc4c2)NN3)cn1. The van der Waals surface area contributed by atoms with Crippen molar-refractivity contribution in [2.45, 2.75) is 6.54 Å². The third-order valence-electron chi connectivity index (χ3n) is 4.30. The lowest BCUT2D eigenvalue weighted by molar-refractivity contribution is 0.716. The van der Waals surface area contributed by atoms with Gasteiger partial charge in [0.25, 0.3) is 0 Å². The monoisotopic (exact) mass is 355 g/mol. The first-order chi connectivity index (χ1) is 13.3. The van der Waals surface area contributed by atoms with E-state index >= 15 is 0 Å². The van der Waals surface area contributed by atoms with Crippen molar-refractivity contribution in [2.75, 3.05) is 10.4 Å². The molecule has 2 N–H and O–H groups in total. The molecule has 0 aromatic carbocycles. The predicted octanol–water partition coefficient (Wildman–Crippen LogP) is 1.91. The van der Waals surface area contributed by atoms with Crippen molar-refractivity contribution in [3.8, 4) is 17.3 Å². The normalized spacial score (nSPS) is 12.6. The molecule has 0 saturated carbocycles. The molecule has 130 valence electrons. The van der Waals surface area contributed by atoms with Gasteiger partial charge in [-0.2, -0.15) is 10.4 Å². The number of nitriles is 1. The van der Waals surface area contributed by atoms with Gasteiger partial charge >= 0.3 is 0 Å². The van der Waals surface area contributed by atoms with Crippen LogP contribution in [0, 0.1) is 11.3 Å². The minimum absolute atomic E-state index is 0.369. The van der Waals surface area contributed by atoms with Crippen LogP contribution in [0.2, 0.25) is 0 Å². The molecule has 1 aliphatic rings. The Morgan fingerprint density at radius 1 is 1.11 bits per heavy atom. The van der Waals surface area contributed by atoms with E-state index < -0.39 is 0 Å². The van der Waals surface area contributed by atoms with Crippen LogP contribution in [0.4, 0.5) is 11.6 Å². The smallest absolute Gasteiger partial charge is 0.190 e. The number of fused-ring (bicyclic) bond motifs is 2. The zero-order valence-electron chi connectivity index (χ0n) is 14.0. The van der Waals surface area contributed by atoms with E-state index in [-0.39, 0.29) is 0 Å². The van der Waals surface area contributed by atoms with Gasteiger partial charge in [-0.3, -0.25) is 10.4 Å². The second-order valence-electron chi connectivity index (χ2n) is 6.03. The Kier molecular flexibility index (Phi) is 3.41. The number of pyridine rings is 2. The molecule has 4 aromatic rings. The molecule has 0 unspecified atom stereocenters. The van der Waals surface area contributed by atoms with Crippen LogP contribution < -0.4 is 16.0 Å². The molecule has 5 heterocycles. The summed E-state index contributed by atoms with van der Waals surface area (Å²) in [5.41, 5.74) is 10.1. The predicted molar refractivity (Wildman–Crippen MR) is 98.1 cm³/mol. The Labute approximate surface area is 153 Å². The maximum absolute atomic E-state index is 8.88. The second kappa shape index (κ2) is 6.05. The molecule has 0 spiro atoms. The van der Waals surface area contributed by atoms with Gasteiger partial charge in [0.1, 0.15) is 11.8 Å². The third kappa shape index (κ3) is 2.70. The zero-order chi connectivity index (χ0) is 18.2. The van der Waals surface area contributed by atoms with Crippen molar-refractivity contribution < 1.29 is 0 Å². The highest BCUT2D eigenvalue weighted by molar-refractivity contribution is 5.69. The van der Waals surface area contributed by atoms with Crippen LogP contribution in [-0.2, 0) is 6.54 Å². The highest BCUT2D eigenvalue weighted by Gasteiger charge is 2.22. The van der Waals surface area contributed by atoms with Gasteiger partial charge in [-0.05, 0) is 35.9 Å². The highest BCUT2D eigenvalue weighted by Crippen LogP contribution is 2.28. The maximum atomic E-state index is 8.88. The second-order valence-corrected chi connectivity index (χ2v) is 6.03. The summed E-state index contributed by atoms with van der Waals surface area (Å²) in [6, 6.07) is 11.5. The molecule has 1 aliphatic heterocycles. The van der Waals surface area contributed by atoms with E-state index in [1.807, 2.05) is 40.0 Å². The standard InChI is InChI=1S/C18H13N9/c19-8-14-2-1-13(9-20-14)16-10-21-17-18(23-16)27(25-24-17)11-12-4-6-26-15(7-12)3-5-22-26/h1-7,9-10,25H,11H2,(H,21,24). The van der Waals surface area contributed by atoms with E-state index in [0.717, 1.165) is 16.6 Å². The molecule has 5 rings (SSSR count). The Bertz CT molecular complexity index is 1170. The van der Waals surface area contributed by atoms with Crippen molar-refractivity contribution >= 4 is 17.2 Å². The molecule has 0 atom stereocenters. The molecule has 0 bridgehead atoms. The van der Waals surface area contributed by atoms with Crippen LogP contribution in [0.5, 0.6) is 0 Å². The van der Waals surface area contributed by atoms with E-state index in [1.165, 1.54) is 0 Å². The number of nitrogens with zero attached hydrogens (tertiary/aromatic N) is 7. The van der Waals surface area contributed by atoms with E-state index in [9.17, 15) is 0 Å². The fraction of sp³-hybridized carbons (Fsp3) is 0.0556. The molecule has 9 heteroatoms. The van der Waals surface area contributed by atoms with Gasteiger partial charge < -0.3 is 0 Å². The number of hydrogen-bond donors (Lipinski definition) is 2. The molecule has 4 aromatic heterocycles. The molecular weight excluding hydrogens is 342 g/mol. The minimum atomic E-state index is 0.369. The van der Waals surface area contributed by atoms with E-state index in [1.54, 1.807) is 24.7 Å². The molecule has 0 amide bonds. The van der Waals surface area contributed by atoms with Gasteiger partial charge in [0, 0.05) is 24.2 Å².